The second-order valence-corrected chi connectivity index (χ2v) is 6.86. The van der Waals surface area contributed by atoms with Gasteiger partial charge in [0.2, 0.25) is 0 Å². The Bertz CT molecular complexity index is 568. The lowest BCUT2D eigenvalue weighted by molar-refractivity contribution is 0.197. The summed E-state index contributed by atoms with van der Waals surface area (Å²) < 4.78 is 27.7. The summed E-state index contributed by atoms with van der Waals surface area (Å²) in [7, 11) is -2.99. The van der Waals surface area contributed by atoms with E-state index >= 15 is 0 Å². The molecule has 1 atom stereocenters. The molecule has 1 aromatic rings. The van der Waals surface area contributed by atoms with E-state index < -0.39 is 15.9 Å². The van der Waals surface area contributed by atoms with Gasteiger partial charge in [0.1, 0.15) is 5.75 Å². The van der Waals surface area contributed by atoms with Crippen LogP contribution in [0.25, 0.3) is 0 Å². The van der Waals surface area contributed by atoms with E-state index in [-0.39, 0.29) is 17.5 Å². The molecule has 5 nitrogen and oxygen atoms in total. The minimum Gasteiger partial charge on any atom is -0.410 e. The van der Waals surface area contributed by atoms with E-state index in [0.29, 0.717) is 12.2 Å². The van der Waals surface area contributed by atoms with Gasteiger partial charge in [-0.05, 0) is 30.5 Å². The van der Waals surface area contributed by atoms with Crippen LogP contribution in [0.15, 0.2) is 24.3 Å². The fourth-order valence-electron chi connectivity index (χ4n) is 2.04. The summed E-state index contributed by atoms with van der Waals surface area (Å²) in [4.78, 5) is 11.7. The molecular weight excluding hydrogens is 266 g/mol. The van der Waals surface area contributed by atoms with Gasteiger partial charge >= 0.3 is 6.09 Å². The van der Waals surface area contributed by atoms with Crippen LogP contribution >= 0.6 is 0 Å². The van der Waals surface area contributed by atoms with Crippen LogP contribution in [0.5, 0.6) is 5.75 Å². The molecular formula is C13H17NO4S. The summed E-state index contributed by atoms with van der Waals surface area (Å²) >= 11 is 0. The molecule has 0 spiro atoms. The third-order valence-corrected chi connectivity index (χ3v) is 4.84. The van der Waals surface area contributed by atoms with Gasteiger partial charge in [-0.3, -0.25) is 0 Å². The maximum absolute atomic E-state index is 11.7. The van der Waals surface area contributed by atoms with Crippen molar-refractivity contribution >= 4 is 15.9 Å². The van der Waals surface area contributed by atoms with Gasteiger partial charge < -0.3 is 10.1 Å². The van der Waals surface area contributed by atoms with Crippen LogP contribution in [0.3, 0.4) is 0 Å². The standard InChI is InChI=1S/C13H17NO4S/c1-2-10-4-3-5-12(8-10)18-13(15)14-11-6-7-19(16,17)9-11/h3-5,8,11H,2,6-7,9H2,1H3,(H,14,15). The van der Waals surface area contributed by atoms with Crippen molar-refractivity contribution in [3.05, 3.63) is 29.8 Å². The number of hydrogen-bond acceptors (Lipinski definition) is 4. The molecule has 19 heavy (non-hydrogen) atoms. The maximum Gasteiger partial charge on any atom is 0.412 e. The Morgan fingerprint density at radius 3 is 2.89 bits per heavy atom. The predicted octanol–water partition coefficient (Wildman–Crippen LogP) is 1.52. The number of nitrogens with one attached hydrogen (secondary N) is 1. The molecule has 1 aliphatic heterocycles. The van der Waals surface area contributed by atoms with Gasteiger partial charge in [0, 0.05) is 6.04 Å². The smallest absolute Gasteiger partial charge is 0.410 e. The molecule has 1 saturated heterocycles. The average molecular weight is 283 g/mol. The summed E-state index contributed by atoms with van der Waals surface area (Å²) in [6, 6.07) is 6.93. The first-order valence-electron chi connectivity index (χ1n) is 6.26. The van der Waals surface area contributed by atoms with Gasteiger partial charge in [-0.15, -0.1) is 0 Å². The third-order valence-electron chi connectivity index (χ3n) is 3.07. The zero-order chi connectivity index (χ0) is 13.9. The van der Waals surface area contributed by atoms with Crippen LogP contribution in [0.4, 0.5) is 4.79 Å². The lowest BCUT2D eigenvalue weighted by atomic mass is 10.2. The summed E-state index contributed by atoms with van der Waals surface area (Å²) in [6.07, 6.45) is 0.710. The number of aryl methyl sites for hydroxylation is 1. The Morgan fingerprint density at radius 1 is 1.47 bits per heavy atom. The fourth-order valence-corrected chi connectivity index (χ4v) is 3.71. The first-order chi connectivity index (χ1) is 8.98. The van der Waals surface area contributed by atoms with E-state index in [2.05, 4.69) is 5.32 Å². The lowest BCUT2D eigenvalue weighted by Crippen LogP contribution is -2.37. The topological polar surface area (TPSA) is 72.5 Å². The first-order valence-corrected chi connectivity index (χ1v) is 8.08. The third kappa shape index (κ3) is 3.96. The van der Waals surface area contributed by atoms with Crippen molar-refractivity contribution in [2.24, 2.45) is 0 Å². The van der Waals surface area contributed by atoms with Crippen molar-refractivity contribution in [3.63, 3.8) is 0 Å². The van der Waals surface area contributed by atoms with Gasteiger partial charge in [0.25, 0.3) is 0 Å². The van der Waals surface area contributed by atoms with Crippen molar-refractivity contribution in [2.75, 3.05) is 11.5 Å². The van der Waals surface area contributed by atoms with Crippen LogP contribution < -0.4 is 10.1 Å². The highest BCUT2D eigenvalue weighted by Crippen LogP contribution is 2.15. The Balaban J connectivity index is 1.91. The maximum atomic E-state index is 11.7. The molecule has 1 heterocycles. The Kier molecular flexibility index (Phi) is 4.09. The zero-order valence-corrected chi connectivity index (χ0v) is 11.6. The van der Waals surface area contributed by atoms with E-state index in [4.69, 9.17) is 4.74 Å². The summed E-state index contributed by atoms with van der Waals surface area (Å²) in [5, 5.41) is 2.58. The monoisotopic (exact) mass is 283 g/mol. The molecule has 0 radical (unpaired) electrons. The number of benzene rings is 1. The van der Waals surface area contributed by atoms with E-state index in [1.807, 2.05) is 19.1 Å². The molecule has 1 aliphatic rings. The van der Waals surface area contributed by atoms with Crippen LogP contribution in [0.2, 0.25) is 0 Å². The highest BCUT2D eigenvalue weighted by atomic mass is 32.2. The van der Waals surface area contributed by atoms with Crippen LogP contribution in [0.1, 0.15) is 18.9 Å². The number of amides is 1. The fraction of sp³-hybridized carbons (Fsp3) is 0.462. The number of sulfone groups is 1. The number of carbonyl (C=O) groups is 1. The van der Waals surface area contributed by atoms with Gasteiger partial charge in [0.15, 0.2) is 9.84 Å². The highest BCUT2D eigenvalue weighted by Gasteiger charge is 2.29. The molecule has 104 valence electrons. The zero-order valence-electron chi connectivity index (χ0n) is 10.8. The molecule has 1 fully saturated rings. The molecule has 1 N–H and O–H groups in total. The number of carbonyl (C=O) groups excluding carboxylic acids is 1. The lowest BCUT2D eigenvalue weighted by Gasteiger charge is -2.11. The Hall–Kier alpha value is -1.56. The minimum absolute atomic E-state index is 0.00288. The van der Waals surface area contributed by atoms with Gasteiger partial charge in [-0.1, -0.05) is 19.1 Å². The molecule has 0 bridgehead atoms. The summed E-state index contributed by atoms with van der Waals surface area (Å²) in [5.41, 5.74) is 1.08. The molecule has 0 aliphatic carbocycles. The molecule has 1 aromatic carbocycles. The SMILES string of the molecule is CCc1cccc(OC(=O)NC2CCS(=O)(=O)C2)c1. The Labute approximate surface area is 112 Å². The molecule has 1 amide bonds. The number of ether oxygens (including phenoxy) is 1. The van der Waals surface area contributed by atoms with Gasteiger partial charge in [-0.25, -0.2) is 13.2 Å². The van der Waals surface area contributed by atoms with Crippen molar-refractivity contribution < 1.29 is 17.9 Å². The van der Waals surface area contributed by atoms with Crippen LogP contribution in [0, 0.1) is 0 Å². The minimum atomic E-state index is -2.99. The Morgan fingerprint density at radius 2 is 2.26 bits per heavy atom. The molecule has 1 unspecified atom stereocenters. The summed E-state index contributed by atoms with van der Waals surface area (Å²) in [6.45, 7) is 2.02. The van der Waals surface area contributed by atoms with Crippen LogP contribution in [-0.4, -0.2) is 32.1 Å². The van der Waals surface area contributed by atoms with Gasteiger partial charge in [0.05, 0.1) is 11.5 Å². The molecule has 2 rings (SSSR count). The second kappa shape index (κ2) is 5.61. The van der Waals surface area contributed by atoms with Gasteiger partial charge in [-0.2, -0.15) is 0 Å². The van der Waals surface area contributed by atoms with E-state index in [9.17, 15) is 13.2 Å². The largest absolute Gasteiger partial charge is 0.412 e. The highest BCUT2D eigenvalue weighted by molar-refractivity contribution is 7.91. The van der Waals surface area contributed by atoms with Crippen molar-refractivity contribution in [2.45, 2.75) is 25.8 Å². The van der Waals surface area contributed by atoms with Crippen LogP contribution in [-0.2, 0) is 16.3 Å². The average Bonchev–Trinajstić information content (AvgIpc) is 2.68. The first kappa shape index (κ1) is 13.9. The van der Waals surface area contributed by atoms with E-state index in [1.165, 1.54) is 0 Å². The van der Waals surface area contributed by atoms with Crippen molar-refractivity contribution in [3.8, 4) is 5.75 Å². The van der Waals surface area contributed by atoms with Crippen molar-refractivity contribution in [1.82, 2.24) is 5.32 Å². The van der Waals surface area contributed by atoms with E-state index in [1.54, 1.807) is 12.1 Å². The number of rotatable bonds is 3. The quantitative estimate of drug-likeness (QED) is 0.913. The van der Waals surface area contributed by atoms with Crippen molar-refractivity contribution in [1.29, 1.82) is 0 Å². The second-order valence-electron chi connectivity index (χ2n) is 4.63. The molecule has 6 heteroatoms. The predicted molar refractivity (Wildman–Crippen MR) is 72.0 cm³/mol. The summed E-state index contributed by atoms with van der Waals surface area (Å²) in [5.74, 6) is 0.595. The normalized spacial score (nSPS) is 21.0. The van der Waals surface area contributed by atoms with E-state index in [0.717, 1.165) is 12.0 Å². The number of hydrogen-bond donors (Lipinski definition) is 1. The molecule has 0 aromatic heterocycles. The molecule has 0 saturated carbocycles.